The number of benzene rings is 1. The molecule has 2 rings (SSSR count). The summed E-state index contributed by atoms with van der Waals surface area (Å²) in [5.41, 5.74) is -0.865. The van der Waals surface area contributed by atoms with Gasteiger partial charge in [0.2, 0.25) is 0 Å². The van der Waals surface area contributed by atoms with E-state index >= 15 is 0 Å². The van der Waals surface area contributed by atoms with E-state index in [1.807, 2.05) is 0 Å². The van der Waals surface area contributed by atoms with E-state index in [1.165, 1.54) is 19.2 Å². The zero-order valence-corrected chi connectivity index (χ0v) is 12.9. The first-order valence-electron chi connectivity index (χ1n) is 6.73. The van der Waals surface area contributed by atoms with Crippen LogP contribution in [-0.2, 0) is 6.18 Å². The van der Waals surface area contributed by atoms with Gasteiger partial charge in [0.15, 0.2) is 0 Å². The van der Waals surface area contributed by atoms with Crippen LogP contribution in [0.1, 0.15) is 17.2 Å². The number of piperazine rings is 1. The Morgan fingerprint density at radius 1 is 1.27 bits per heavy atom. The van der Waals surface area contributed by atoms with Gasteiger partial charge in [-0.2, -0.15) is 13.2 Å². The molecule has 0 aromatic heterocycles. The van der Waals surface area contributed by atoms with E-state index in [0.717, 1.165) is 6.07 Å². The molecule has 1 saturated heterocycles. The fourth-order valence-corrected chi connectivity index (χ4v) is 2.57. The lowest BCUT2D eigenvalue weighted by Gasteiger charge is -2.34. The molecule has 0 aliphatic carbocycles. The zero-order valence-electron chi connectivity index (χ0n) is 12.1. The van der Waals surface area contributed by atoms with Crippen LogP contribution in [0.2, 0.25) is 0 Å². The van der Waals surface area contributed by atoms with Gasteiger partial charge in [0.05, 0.1) is 18.7 Å². The third-order valence-electron chi connectivity index (χ3n) is 3.66. The predicted molar refractivity (Wildman–Crippen MR) is 78.4 cm³/mol. The number of nitrogens with one attached hydrogen (secondary N) is 1. The second kappa shape index (κ2) is 7.99. The van der Waals surface area contributed by atoms with Crippen molar-refractivity contribution in [2.24, 2.45) is 0 Å². The van der Waals surface area contributed by atoms with Gasteiger partial charge in [0.25, 0.3) is 0 Å². The summed E-state index contributed by atoms with van der Waals surface area (Å²) in [5.74, 6) is 0.115. The van der Waals surface area contributed by atoms with Gasteiger partial charge in [-0.3, -0.25) is 4.90 Å². The van der Waals surface area contributed by atoms with Crippen LogP contribution in [0.5, 0.6) is 5.75 Å². The minimum atomic E-state index is -4.54. The van der Waals surface area contributed by atoms with E-state index in [0.29, 0.717) is 26.2 Å². The number of alkyl halides is 4. The van der Waals surface area contributed by atoms with Crippen molar-refractivity contribution >= 4 is 12.4 Å². The van der Waals surface area contributed by atoms with Crippen molar-refractivity contribution in [1.29, 1.82) is 0 Å². The molecule has 0 saturated carbocycles. The molecule has 0 spiro atoms. The Bertz CT molecular complexity index is 478. The smallest absolute Gasteiger partial charge is 0.416 e. The highest BCUT2D eigenvalue weighted by molar-refractivity contribution is 5.85. The SMILES string of the molecule is COc1ccc([C@@H](CF)N2CCNCC2)c(C(F)(F)F)c1.Cl. The maximum Gasteiger partial charge on any atom is 0.416 e. The maximum atomic E-state index is 13.4. The Balaban J connectivity index is 0.00000242. The summed E-state index contributed by atoms with van der Waals surface area (Å²) in [6, 6.07) is 2.80. The van der Waals surface area contributed by atoms with Crippen LogP contribution in [-0.4, -0.2) is 44.9 Å². The van der Waals surface area contributed by atoms with Gasteiger partial charge >= 0.3 is 6.18 Å². The molecule has 0 unspecified atom stereocenters. The average Bonchev–Trinajstić information content (AvgIpc) is 2.48. The third kappa shape index (κ3) is 4.24. The highest BCUT2D eigenvalue weighted by Gasteiger charge is 2.37. The minimum absolute atomic E-state index is 0. The van der Waals surface area contributed by atoms with Crippen molar-refractivity contribution in [1.82, 2.24) is 10.2 Å². The summed E-state index contributed by atoms with van der Waals surface area (Å²) in [7, 11) is 1.30. The van der Waals surface area contributed by atoms with E-state index in [-0.39, 0.29) is 23.7 Å². The van der Waals surface area contributed by atoms with Crippen molar-refractivity contribution in [3.63, 3.8) is 0 Å². The topological polar surface area (TPSA) is 24.5 Å². The molecule has 1 aliphatic rings. The summed E-state index contributed by atoms with van der Waals surface area (Å²) in [6.45, 7) is 1.49. The van der Waals surface area contributed by atoms with Gasteiger partial charge in [0.1, 0.15) is 12.4 Å². The number of methoxy groups -OCH3 is 1. The maximum absolute atomic E-state index is 13.4. The predicted octanol–water partition coefficient (Wildman–Crippen LogP) is 3.05. The van der Waals surface area contributed by atoms with Gasteiger partial charge in [-0.25, -0.2) is 4.39 Å². The van der Waals surface area contributed by atoms with E-state index in [1.54, 1.807) is 4.90 Å². The van der Waals surface area contributed by atoms with E-state index in [2.05, 4.69) is 5.32 Å². The molecule has 126 valence electrons. The van der Waals surface area contributed by atoms with Crippen molar-refractivity contribution in [3.8, 4) is 5.75 Å². The summed E-state index contributed by atoms with van der Waals surface area (Å²) < 4.78 is 57.9. The molecule has 0 radical (unpaired) electrons. The second-order valence-corrected chi connectivity index (χ2v) is 4.91. The van der Waals surface area contributed by atoms with E-state index < -0.39 is 24.5 Å². The fraction of sp³-hybridized carbons (Fsp3) is 0.571. The van der Waals surface area contributed by atoms with Crippen molar-refractivity contribution in [2.45, 2.75) is 12.2 Å². The number of rotatable bonds is 4. The molecule has 1 aliphatic heterocycles. The number of hydrogen-bond acceptors (Lipinski definition) is 3. The number of ether oxygens (including phenoxy) is 1. The first-order chi connectivity index (χ1) is 9.97. The third-order valence-corrected chi connectivity index (χ3v) is 3.66. The molecule has 1 N–H and O–H groups in total. The molecular formula is C14H19ClF4N2O. The number of hydrogen-bond donors (Lipinski definition) is 1. The first-order valence-corrected chi connectivity index (χ1v) is 6.73. The lowest BCUT2D eigenvalue weighted by Crippen LogP contribution is -2.46. The zero-order chi connectivity index (χ0) is 15.5. The summed E-state index contributed by atoms with van der Waals surface area (Å²) in [5, 5.41) is 3.10. The molecule has 0 amide bonds. The lowest BCUT2D eigenvalue weighted by atomic mass is 9.98. The Morgan fingerprint density at radius 3 is 2.41 bits per heavy atom. The van der Waals surface area contributed by atoms with E-state index in [9.17, 15) is 17.6 Å². The Hall–Kier alpha value is -1.05. The van der Waals surface area contributed by atoms with Crippen LogP contribution in [0.15, 0.2) is 18.2 Å². The number of nitrogens with zero attached hydrogens (tertiary/aromatic N) is 1. The Morgan fingerprint density at radius 2 is 1.91 bits per heavy atom. The summed E-state index contributed by atoms with van der Waals surface area (Å²) in [6.07, 6.45) is -4.54. The molecule has 1 heterocycles. The Labute approximate surface area is 133 Å². The highest BCUT2D eigenvalue weighted by Crippen LogP contribution is 2.38. The normalized spacial score (nSPS) is 17.7. The van der Waals surface area contributed by atoms with Crippen LogP contribution in [0, 0.1) is 0 Å². The second-order valence-electron chi connectivity index (χ2n) is 4.91. The molecule has 1 aromatic rings. The molecule has 3 nitrogen and oxygen atoms in total. The van der Waals surface area contributed by atoms with Crippen LogP contribution < -0.4 is 10.1 Å². The molecule has 1 atom stereocenters. The van der Waals surface area contributed by atoms with Crippen molar-refractivity contribution in [3.05, 3.63) is 29.3 Å². The van der Waals surface area contributed by atoms with Crippen LogP contribution in [0.3, 0.4) is 0 Å². The van der Waals surface area contributed by atoms with Gasteiger partial charge < -0.3 is 10.1 Å². The molecule has 22 heavy (non-hydrogen) atoms. The van der Waals surface area contributed by atoms with Crippen molar-refractivity contribution in [2.75, 3.05) is 40.0 Å². The number of halogens is 5. The van der Waals surface area contributed by atoms with E-state index in [4.69, 9.17) is 4.74 Å². The van der Waals surface area contributed by atoms with Crippen molar-refractivity contribution < 1.29 is 22.3 Å². The monoisotopic (exact) mass is 342 g/mol. The Kier molecular flexibility index (Phi) is 6.90. The molecule has 8 heteroatoms. The first kappa shape index (κ1) is 19.0. The fourth-order valence-electron chi connectivity index (χ4n) is 2.57. The highest BCUT2D eigenvalue weighted by atomic mass is 35.5. The van der Waals surface area contributed by atoms with Crippen LogP contribution in [0.25, 0.3) is 0 Å². The van der Waals surface area contributed by atoms with Crippen LogP contribution >= 0.6 is 12.4 Å². The molecule has 1 aromatic carbocycles. The van der Waals surface area contributed by atoms with Gasteiger partial charge in [-0.1, -0.05) is 6.07 Å². The van der Waals surface area contributed by atoms with Gasteiger partial charge in [-0.05, 0) is 17.7 Å². The van der Waals surface area contributed by atoms with Gasteiger partial charge in [-0.15, -0.1) is 12.4 Å². The summed E-state index contributed by atoms with van der Waals surface area (Å²) >= 11 is 0. The lowest BCUT2D eigenvalue weighted by molar-refractivity contribution is -0.139. The molecule has 0 bridgehead atoms. The minimum Gasteiger partial charge on any atom is -0.497 e. The van der Waals surface area contributed by atoms with Gasteiger partial charge in [0, 0.05) is 26.2 Å². The quantitative estimate of drug-likeness (QED) is 0.851. The molecular weight excluding hydrogens is 324 g/mol. The largest absolute Gasteiger partial charge is 0.497 e. The standard InChI is InChI=1S/C14H18F4N2O.ClH/c1-21-10-2-3-11(12(8-10)14(16,17)18)13(9-15)20-6-4-19-5-7-20;/h2-3,8,13,19H,4-7,9H2,1H3;1H/t13-;/m1./s1. The average molecular weight is 343 g/mol. The van der Waals surface area contributed by atoms with Crippen LogP contribution in [0.4, 0.5) is 17.6 Å². The molecule has 1 fully saturated rings. The summed E-state index contributed by atoms with van der Waals surface area (Å²) in [4.78, 5) is 1.74.